The lowest BCUT2D eigenvalue weighted by atomic mass is 9.82. The number of likely N-dealkylation sites (tertiary alicyclic amines) is 1. The molecule has 0 radical (unpaired) electrons. The van der Waals surface area contributed by atoms with Gasteiger partial charge in [-0.15, -0.1) is 0 Å². The van der Waals surface area contributed by atoms with Crippen LogP contribution in [0.1, 0.15) is 48.0 Å². The topological polar surface area (TPSA) is 12.5 Å². The standard InChI is InChI=1S/C15H29NO/c1-14(2,3)13(17-15(4,5)6)12-11-8-10(11)9-16(12)7/h10-13H,8-9H2,1-7H3/t10-,11-,12+,13?/m1/s1. The Morgan fingerprint density at radius 1 is 1.12 bits per heavy atom. The molecule has 0 amide bonds. The average molecular weight is 239 g/mol. The molecule has 1 aliphatic heterocycles. The number of nitrogens with zero attached hydrogens (tertiary/aromatic N) is 1. The number of rotatable bonds is 2. The van der Waals surface area contributed by atoms with Crippen LogP contribution in [0, 0.1) is 17.3 Å². The highest BCUT2D eigenvalue weighted by Crippen LogP contribution is 2.52. The van der Waals surface area contributed by atoms with Crippen LogP contribution < -0.4 is 0 Å². The minimum atomic E-state index is -0.0498. The van der Waals surface area contributed by atoms with Crippen molar-refractivity contribution >= 4 is 0 Å². The molecule has 1 aliphatic carbocycles. The Morgan fingerprint density at radius 2 is 1.71 bits per heavy atom. The summed E-state index contributed by atoms with van der Waals surface area (Å²) in [4.78, 5) is 2.53. The first-order valence-corrected chi connectivity index (χ1v) is 6.97. The minimum Gasteiger partial charge on any atom is -0.370 e. The smallest absolute Gasteiger partial charge is 0.0788 e. The van der Waals surface area contributed by atoms with Crippen molar-refractivity contribution in [3.63, 3.8) is 0 Å². The molecule has 0 aromatic heterocycles. The molecule has 100 valence electrons. The molecule has 2 rings (SSSR count). The molecule has 1 heterocycles. The van der Waals surface area contributed by atoms with Gasteiger partial charge in [0.1, 0.15) is 0 Å². The van der Waals surface area contributed by atoms with Gasteiger partial charge in [-0.25, -0.2) is 0 Å². The summed E-state index contributed by atoms with van der Waals surface area (Å²) in [6, 6.07) is 0.624. The van der Waals surface area contributed by atoms with Crippen molar-refractivity contribution in [2.45, 2.75) is 65.7 Å². The van der Waals surface area contributed by atoms with Gasteiger partial charge in [0.15, 0.2) is 0 Å². The van der Waals surface area contributed by atoms with Gasteiger partial charge in [0, 0.05) is 12.6 Å². The molecule has 2 fully saturated rings. The highest BCUT2D eigenvalue weighted by molar-refractivity contribution is 5.08. The van der Waals surface area contributed by atoms with Crippen LogP contribution in [0.15, 0.2) is 0 Å². The molecule has 2 nitrogen and oxygen atoms in total. The van der Waals surface area contributed by atoms with E-state index in [0.29, 0.717) is 12.1 Å². The van der Waals surface area contributed by atoms with Crippen LogP contribution in [0.3, 0.4) is 0 Å². The van der Waals surface area contributed by atoms with Crippen LogP contribution in [0.4, 0.5) is 0 Å². The Balaban J connectivity index is 2.15. The Bertz CT molecular complexity index is 284. The maximum Gasteiger partial charge on any atom is 0.0788 e. The van der Waals surface area contributed by atoms with E-state index >= 15 is 0 Å². The SMILES string of the molecule is CN1C[C@H]2C[C@H]2[C@H]1C(OC(C)(C)C)C(C)(C)C. The number of likely N-dealkylation sites (N-methyl/N-ethyl adjacent to an activating group) is 1. The molecule has 2 aliphatic rings. The number of hydrogen-bond donors (Lipinski definition) is 0. The molecular formula is C15H29NO. The van der Waals surface area contributed by atoms with Crippen molar-refractivity contribution in [1.29, 1.82) is 0 Å². The fraction of sp³-hybridized carbons (Fsp3) is 1.00. The van der Waals surface area contributed by atoms with Crippen LogP contribution in [-0.4, -0.2) is 36.2 Å². The molecule has 1 saturated carbocycles. The third kappa shape index (κ3) is 2.85. The van der Waals surface area contributed by atoms with Crippen molar-refractivity contribution in [3.05, 3.63) is 0 Å². The third-order valence-electron chi connectivity index (χ3n) is 4.09. The highest BCUT2D eigenvalue weighted by atomic mass is 16.5. The summed E-state index contributed by atoms with van der Waals surface area (Å²) in [5.74, 6) is 1.85. The maximum atomic E-state index is 6.41. The molecule has 2 heteroatoms. The summed E-state index contributed by atoms with van der Waals surface area (Å²) in [7, 11) is 2.27. The van der Waals surface area contributed by atoms with Crippen LogP contribution in [0.2, 0.25) is 0 Å². The molecule has 0 spiro atoms. The highest BCUT2D eigenvalue weighted by Gasteiger charge is 2.56. The second kappa shape index (κ2) is 3.96. The van der Waals surface area contributed by atoms with Crippen molar-refractivity contribution in [2.75, 3.05) is 13.6 Å². The zero-order chi connectivity index (χ0) is 13.0. The van der Waals surface area contributed by atoms with Gasteiger partial charge in [0.05, 0.1) is 11.7 Å². The van der Waals surface area contributed by atoms with E-state index in [1.165, 1.54) is 13.0 Å². The maximum absolute atomic E-state index is 6.41. The van der Waals surface area contributed by atoms with Gasteiger partial charge in [0.2, 0.25) is 0 Å². The van der Waals surface area contributed by atoms with Gasteiger partial charge >= 0.3 is 0 Å². The van der Waals surface area contributed by atoms with Gasteiger partial charge in [-0.1, -0.05) is 20.8 Å². The quantitative estimate of drug-likeness (QED) is 0.734. The number of piperidine rings is 1. The van der Waals surface area contributed by atoms with E-state index in [2.05, 4.69) is 53.5 Å². The van der Waals surface area contributed by atoms with Crippen LogP contribution in [0.25, 0.3) is 0 Å². The Hall–Kier alpha value is -0.0800. The molecule has 4 atom stereocenters. The van der Waals surface area contributed by atoms with E-state index in [1.807, 2.05) is 0 Å². The lowest BCUT2D eigenvalue weighted by Crippen LogP contribution is -2.50. The molecule has 1 unspecified atom stereocenters. The van der Waals surface area contributed by atoms with Crippen molar-refractivity contribution in [2.24, 2.45) is 17.3 Å². The van der Waals surface area contributed by atoms with E-state index in [9.17, 15) is 0 Å². The molecule has 1 saturated heterocycles. The molecule has 0 N–H and O–H groups in total. The second-order valence-electron chi connectivity index (χ2n) is 8.11. The molecule has 17 heavy (non-hydrogen) atoms. The van der Waals surface area contributed by atoms with Crippen molar-refractivity contribution in [1.82, 2.24) is 4.90 Å². The molecule has 0 bridgehead atoms. The first-order chi connectivity index (χ1) is 7.59. The largest absolute Gasteiger partial charge is 0.370 e. The first kappa shape index (κ1) is 13.4. The fourth-order valence-electron chi connectivity index (χ4n) is 3.31. The summed E-state index contributed by atoms with van der Waals surface area (Å²) in [5.41, 5.74) is 0.162. The Morgan fingerprint density at radius 3 is 2.06 bits per heavy atom. The van der Waals surface area contributed by atoms with Gasteiger partial charge in [0.25, 0.3) is 0 Å². The lowest BCUT2D eigenvalue weighted by molar-refractivity contribution is -0.135. The summed E-state index contributed by atoms with van der Waals surface area (Å²) in [6.07, 6.45) is 1.76. The van der Waals surface area contributed by atoms with E-state index in [0.717, 1.165) is 11.8 Å². The van der Waals surface area contributed by atoms with Gasteiger partial charge in [-0.3, -0.25) is 0 Å². The van der Waals surface area contributed by atoms with Gasteiger partial charge in [-0.05, 0) is 51.5 Å². The molecular weight excluding hydrogens is 210 g/mol. The Labute approximate surface area is 107 Å². The second-order valence-corrected chi connectivity index (χ2v) is 8.11. The summed E-state index contributed by atoms with van der Waals surface area (Å²) < 4.78 is 6.41. The fourth-order valence-corrected chi connectivity index (χ4v) is 3.31. The van der Waals surface area contributed by atoms with Crippen LogP contribution in [0.5, 0.6) is 0 Å². The average Bonchev–Trinajstić information content (AvgIpc) is 2.73. The van der Waals surface area contributed by atoms with Crippen molar-refractivity contribution < 1.29 is 4.74 Å². The predicted molar refractivity (Wildman–Crippen MR) is 72.1 cm³/mol. The van der Waals surface area contributed by atoms with E-state index < -0.39 is 0 Å². The van der Waals surface area contributed by atoms with Gasteiger partial charge in [-0.2, -0.15) is 0 Å². The lowest BCUT2D eigenvalue weighted by Gasteiger charge is -2.43. The van der Waals surface area contributed by atoms with Gasteiger partial charge < -0.3 is 9.64 Å². The number of ether oxygens (including phenoxy) is 1. The van der Waals surface area contributed by atoms with E-state index in [4.69, 9.17) is 4.74 Å². The van der Waals surface area contributed by atoms with Crippen LogP contribution >= 0.6 is 0 Å². The monoisotopic (exact) mass is 239 g/mol. The van der Waals surface area contributed by atoms with Crippen LogP contribution in [-0.2, 0) is 4.74 Å². The van der Waals surface area contributed by atoms with E-state index in [1.54, 1.807) is 0 Å². The summed E-state index contributed by atoms with van der Waals surface area (Å²) in [5, 5.41) is 0. The summed E-state index contributed by atoms with van der Waals surface area (Å²) >= 11 is 0. The molecule has 0 aromatic rings. The van der Waals surface area contributed by atoms with Crippen molar-refractivity contribution in [3.8, 4) is 0 Å². The third-order valence-corrected chi connectivity index (χ3v) is 4.09. The minimum absolute atomic E-state index is 0.0498. The normalized spacial score (nSPS) is 35.8. The first-order valence-electron chi connectivity index (χ1n) is 6.97. The molecule has 0 aromatic carbocycles. The predicted octanol–water partition coefficient (Wildman–Crippen LogP) is 3.17. The number of fused-ring (bicyclic) bond motifs is 1. The number of hydrogen-bond acceptors (Lipinski definition) is 2. The zero-order valence-electron chi connectivity index (χ0n) is 12.6. The van der Waals surface area contributed by atoms with E-state index in [-0.39, 0.29) is 11.0 Å². The summed E-state index contributed by atoms with van der Waals surface area (Å²) in [6.45, 7) is 14.7. The Kier molecular flexibility index (Phi) is 3.11. The zero-order valence-corrected chi connectivity index (χ0v) is 12.6.